The molecule has 0 saturated carbocycles. The smallest absolute Gasteiger partial charge is 0.331 e. The molecule has 0 radical (unpaired) electrons. The maximum Gasteiger partial charge on any atom is 0.416 e. The van der Waals surface area contributed by atoms with Crippen LogP contribution in [0, 0.1) is 0 Å². The number of nitrogens with zero attached hydrogens (tertiary/aromatic N) is 2. The molecular formula is C18H18F3N3O2S. The fourth-order valence-corrected chi connectivity index (χ4v) is 3.96. The van der Waals surface area contributed by atoms with Gasteiger partial charge in [-0.15, -0.1) is 11.3 Å². The summed E-state index contributed by atoms with van der Waals surface area (Å²) >= 11 is 1.21. The Kier molecular flexibility index (Phi) is 5.50. The Hall–Kier alpha value is -2.42. The number of alkyl halides is 3. The van der Waals surface area contributed by atoms with Crippen LogP contribution in [0.3, 0.4) is 0 Å². The molecule has 3 rings (SSSR count). The minimum absolute atomic E-state index is 0.142. The van der Waals surface area contributed by atoms with E-state index in [1.54, 1.807) is 6.07 Å². The molecule has 1 atom stereocenters. The van der Waals surface area contributed by atoms with Gasteiger partial charge in [-0.2, -0.15) is 13.2 Å². The normalized spacial score (nSPS) is 17.2. The molecule has 2 amide bonds. The van der Waals surface area contributed by atoms with Crippen molar-refractivity contribution >= 4 is 28.3 Å². The molecule has 1 unspecified atom stereocenters. The highest BCUT2D eigenvalue weighted by Gasteiger charge is 2.33. The van der Waals surface area contributed by atoms with E-state index in [0.29, 0.717) is 30.1 Å². The number of halogens is 3. The predicted molar refractivity (Wildman–Crippen MR) is 95.4 cm³/mol. The van der Waals surface area contributed by atoms with E-state index in [1.165, 1.54) is 35.4 Å². The zero-order valence-electron chi connectivity index (χ0n) is 14.5. The van der Waals surface area contributed by atoms with Crippen LogP contribution >= 0.6 is 11.3 Å². The lowest BCUT2D eigenvalue weighted by Gasteiger charge is -2.21. The largest absolute Gasteiger partial charge is 0.416 e. The van der Waals surface area contributed by atoms with E-state index in [-0.39, 0.29) is 11.8 Å². The molecule has 1 aliphatic heterocycles. The second-order valence-electron chi connectivity index (χ2n) is 6.37. The van der Waals surface area contributed by atoms with Crippen LogP contribution in [0.5, 0.6) is 0 Å². The van der Waals surface area contributed by atoms with Gasteiger partial charge in [0.2, 0.25) is 11.8 Å². The van der Waals surface area contributed by atoms with Crippen LogP contribution in [-0.2, 0) is 22.2 Å². The molecule has 1 fully saturated rings. The van der Waals surface area contributed by atoms with Crippen LogP contribution in [0.25, 0.3) is 0 Å². The van der Waals surface area contributed by atoms with Gasteiger partial charge in [-0.3, -0.25) is 9.59 Å². The molecule has 2 aromatic rings. The Bertz CT molecular complexity index is 850. The first-order chi connectivity index (χ1) is 12.7. The first-order valence-electron chi connectivity index (χ1n) is 8.43. The monoisotopic (exact) mass is 397 g/mol. The molecule has 9 heteroatoms. The van der Waals surface area contributed by atoms with E-state index in [0.717, 1.165) is 23.4 Å². The van der Waals surface area contributed by atoms with Crippen molar-refractivity contribution in [2.45, 2.75) is 38.4 Å². The van der Waals surface area contributed by atoms with Crippen molar-refractivity contribution in [3.63, 3.8) is 0 Å². The van der Waals surface area contributed by atoms with Gasteiger partial charge in [0.15, 0.2) is 5.13 Å². The molecule has 0 aliphatic carbocycles. The molecule has 1 saturated heterocycles. The van der Waals surface area contributed by atoms with E-state index >= 15 is 0 Å². The SMILES string of the molecule is CC(=O)N1CCCC1C(=O)Nc1ncc(Cc2cccc(C(F)(F)F)c2)s1. The number of rotatable bonds is 4. The molecule has 27 heavy (non-hydrogen) atoms. The van der Waals surface area contributed by atoms with Crippen LogP contribution in [0.4, 0.5) is 18.3 Å². The molecule has 0 bridgehead atoms. The van der Waals surface area contributed by atoms with Gasteiger partial charge in [0.1, 0.15) is 6.04 Å². The predicted octanol–water partition coefficient (Wildman–Crippen LogP) is 3.70. The number of carbonyl (C=O) groups excluding carboxylic acids is 2. The summed E-state index contributed by atoms with van der Waals surface area (Å²) in [5.74, 6) is -0.431. The van der Waals surface area contributed by atoms with Crippen molar-refractivity contribution < 1.29 is 22.8 Å². The first-order valence-corrected chi connectivity index (χ1v) is 9.24. The Morgan fingerprint density at radius 2 is 2.15 bits per heavy atom. The molecule has 1 aliphatic rings. The van der Waals surface area contributed by atoms with Crippen LogP contribution < -0.4 is 5.32 Å². The van der Waals surface area contributed by atoms with Gasteiger partial charge in [0.25, 0.3) is 0 Å². The molecule has 144 valence electrons. The summed E-state index contributed by atoms with van der Waals surface area (Å²) in [5, 5.41) is 3.08. The fourth-order valence-electron chi connectivity index (χ4n) is 3.11. The standard InChI is InChI=1S/C18H18F3N3O2S/c1-11(25)24-7-3-6-15(24)16(26)23-17-22-10-14(27-17)9-12-4-2-5-13(8-12)18(19,20)21/h2,4-5,8,10,15H,3,6-7,9H2,1H3,(H,22,23,26). The molecule has 1 aromatic heterocycles. The number of aromatic nitrogens is 1. The maximum absolute atomic E-state index is 12.8. The van der Waals surface area contributed by atoms with Crippen LogP contribution in [-0.4, -0.2) is 34.3 Å². The van der Waals surface area contributed by atoms with E-state index in [9.17, 15) is 22.8 Å². The Morgan fingerprint density at radius 3 is 2.85 bits per heavy atom. The number of benzene rings is 1. The quantitative estimate of drug-likeness (QED) is 0.856. The van der Waals surface area contributed by atoms with Gasteiger partial charge in [0, 0.05) is 31.0 Å². The van der Waals surface area contributed by atoms with Crippen LogP contribution in [0.15, 0.2) is 30.5 Å². The Labute approximate surface area is 158 Å². The van der Waals surface area contributed by atoms with Crippen molar-refractivity contribution in [3.8, 4) is 0 Å². The molecular weight excluding hydrogens is 379 g/mol. The third-order valence-corrected chi connectivity index (χ3v) is 5.29. The van der Waals surface area contributed by atoms with Gasteiger partial charge >= 0.3 is 6.18 Å². The highest BCUT2D eigenvalue weighted by atomic mass is 32.1. The third-order valence-electron chi connectivity index (χ3n) is 4.38. The Balaban J connectivity index is 1.65. The van der Waals surface area contributed by atoms with Crippen LogP contribution in [0.1, 0.15) is 35.8 Å². The number of hydrogen-bond donors (Lipinski definition) is 1. The number of hydrogen-bond acceptors (Lipinski definition) is 4. The lowest BCUT2D eigenvalue weighted by atomic mass is 10.1. The minimum Gasteiger partial charge on any atom is -0.331 e. The van der Waals surface area contributed by atoms with E-state index in [1.807, 2.05) is 0 Å². The maximum atomic E-state index is 12.8. The van der Waals surface area contributed by atoms with Crippen molar-refractivity contribution in [2.75, 3.05) is 11.9 Å². The molecule has 0 spiro atoms. The third kappa shape index (κ3) is 4.65. The summed E-state index contributed by atoms with van der Waals surface area (Å²) in [7, 11) is 0. The molecule has 1 N–H and O–H groups in total. The fraction of sp³-hybridized carbons (Fsp3) is 0.389. The topological polar surface area (TPSA) is 62.3 Å². The average Bonchev–Trinajstić information content (AvgIpc) is 3.24. The van der Waals surface area contributed by atoms with Gasteiger partial charge in [0.05, 0.1) is 5.56 Å². The van der Waals surface area contributed by atoms with Crippen molar-refractivity contribution in [1.29, 1.82) is 0 Å². The molecule has 1 aromatic carbocycles. The van der Waals surface area contributed by atoms with Gasteiger partial charge < -0.3 is 10.2 Å². The summed E-state index contributed by atoms with van der Waals surface area (Å²) < 4.78 is 38.4. The number of nitrogens with one attached hydrogen (secondary N) is 1. The van der Waals surface area contributed by atoms with Gasteiger partial charge in [-0.1, -0.05) is 18.2 Å². The number of thiazole rings is 1. The van der Waals surface area contributed by atoms with Crippen molar-refractivity contribution in [2.24, 2.45) is 0 Å². The number of carbonyl (C=O) groups is 2. The highest BCUT2D eigenvalue weighted by Crippen LogP contribution is 2.30. The number of likely N-dealkylation sites (tertiary alicyclic amines) is 1. The summed E-state index contributed by atoms with van der Waals surface area (Å²) in [6, 6.07) is 4.64. The minimum atomic E-state index is -4.38. The lowest BCUT2D eigenvalue weighted by molar-refractivity contribution is -0.137. The second kappa shape index (κ2) is 7.67. The van der Waals surface area contributed by atoms with E-state index < -0.39 is 17.8 Å². The number of anilines is 1. The zero-order chi connectivity index (χ0) is 19.6. The van der Waals surface area contributed by atoms with Gasteiger partial charge in [-0.05, 0) is 24.5 Å². The van der Waals surface area contributed by atoms with E-state index in [4.69, 9.17) is 0 Å². The summed E-state index contributed by atoms with van der Waals surface area (Å²) in [6.07, 6.45) is -1.17. The van der Waals surface area contributed by atoms with Crippen molar-refractivity contribution in [1.82, 2.24) is 9.88 Å². The molecule has 2 heterocycles. The highest BCUT2D eigenvalue weighted by molar-refractivity contribution is 7.15. The number of amides is 2. The van der Waals surface area contributed by atoms with Crippen LogP contribution in [0.2, 0.25) is 0 Å². The molecule has 5 nitrogen and oxygen atoms in total. The summed E-state index contributed by atoms with van der Waals surface area (Å²) in [4.78, 5) is 30.4. The van der Waals surface area contributed by atoms with Gasteiger partial charge in [-0.25, -0.2) is 4.98 Å². The lowest BCUT2D eigenvalue weighted by Crippen LogP contribution is -2.42. The zero-order valence-corrected chi connectivity index (χ0v) is 15.4. The first kappa shape index (κ1) is 19.3. The summed E-state index contributed by atoms with van der Waals surface area (Å²) in [5.41, 5.74) is -0.173. The Morgan fingerprint density at radius 1 is 1.37 bits per heavy atom. The second-order valence-corrected chi connectivity index (χ2v) is 7.48. The summed E-state index contributed by atoms with van der Waals surface area (Å²) in [6.45, 7) is 1.99. The van der Waals surface area contributed by atoms with Crippen molar-refractivity contribution in [3.05, 3.63) is 46.5 Å². The van der Waals surface area contributed by atoms with E-state index in [2.05, 4.69) is 10.3 Å². The average molecular weight is 397 g/mol.